The highest BCUT2D eigenvalue weighted by molar-refractivity contribution is 9.10. The average Bonchev–Trinajstić information content (AvgIpc) is 2.90. The summed E-state index contributed by atoms with van der Waals surface area (Å²) in [4.78, 5) is 0. The van der Waals surface area contributed by atoms with Crippen LogP contribution in [-0.2, 0) is 4.74 Å². The summed E-state index contributed by atoms with van der Waals surface area (Å²) in [6.07, 6.45) is 3.11. The fourth-order valence-corrected chi connectivity index (χ4v) is 5.42. The van der Waals surface area contributed by atoms with Gasteiger partial charge in [-0.15, -0.1) is 0 Å². The van der Waals surface area contributed by atoms with Crippen LogP contribution >= 0.6 is 27.7 Å². The zero-order valence-electron chi connectivity index (χ0n) is 11.8. The zero-order valence-corrected chi connectivity index (χ0v) is 14.2. The minimum Gasteiger partial charge on any atom is -0.374 e. The monoisotopic (exact) mass is 374 g/mol. The van der Waals surface area contributed by atoms with Crippen LogP contribution in [-0.4, -0.2) is 23.7 Å². The van der Waals surface area contributed by atoms with Gasteiger partial charge in [-0.2, -0.15) is 11.8 Å². The summed E-state index contributed by atoms with van der Waals surface area (Å²) in [5.41, 5.74) is 3.98. The lowest BCUT2D eigenvalue weighted by Crippen LogP contribution is -2.45. The molecule has 0 aliphatic carbocycles. The van der Waals surface area contributed by atoms with E-state index in [1.807, 2.05) is 17.8 Å². The SMILES string of the molecule is NNC(c1ccc(F)cc1Br)C1CCOC2(CCSC2)C1. The van der Waals surface area contributed by atoms with Crippen molar-refractivity contribution >= 4 is 27.7 Å². The minimum absolute atomic E-state index is 0.0198. The van der Waals surface area contributed by atoms with Crippen molar-refractivity contribution in [2.24, 2.45) is 11.8 Å². The molecule has 21 heavy (non-hydrogen) atoms. The fourth-order valence-electron chi connectivity index (χ4n) is 3.45. The summed E-state index contributed by atoms with van der Waals surface area (Å²) in [6.45, 7) is 0.780. The van der Waals surface area contributed by atoms with Crippen LogP contribution < -0.4 is 11.3 Å². The number of hydrogen-bond donors (Lipinski definition) is 2. The van der Waals surface area contributed by atoms with Crippen molar-refractivity contribution in [1.29, 1.82) is 0 Å². The van der Waals surface area contributed by atoms with Crippen molar-refractivity contribution in [1.82, 2.24) is 5.43 Å². The van der Waals surface area contributed by atoms with Crippen LogP contribution in [0.4, 0.5) is 4.39 Å². The third kappa shape index (κ3) is 3.29. The van der Waals surface area contributed by atoms with E-state index >= 15 is 0 Å². The maximum Gasteiger partial charge on any atom is 0.124 e. The molecule has 1 aromatic rings. The molecule has 2 aliphatic heterocycles. The molecule has 2 saturated heterocycles. The summed E-state index contributed by atoms with van der Waals surface area (Å²) in [7, 11) is 0. The molecule has 3 rings (SSSR count). The molecule has 6 heteroatoms. The van der Waals surface area contributed by atoms with E-state index in [9.17, 15) is 4.39 Å². The van der Waals surface area contributed by atoms with E-state index in [4.69, 9.17) is 10.6 Å². The molecule has 0 amide bonds. The fraction of sp³-hybridized carbons (Fsp3) is 0.600. The summed E-state index contributed by atoms with van der Waals surface area (Å²) in [6, 6.07) is 4.83. The topological polar surface area (TPSA) is 47.3 Å². The lowest BCUT2D eigenvalue weighted by molar-refractivity contribution is -0.0854. The largest absolute Gasteiger partial charge is 0.374 e. The molecule has 3 nitrogen and oxygen atoms in total. The van der Waals surface area contributed by atoms with Gasteiger partial charge in [0.15, 0.2) is 0 Å². The molecule has 0 aromatic heterocycles. The number of nitrogens with one attached hydrogen (secondary N) is 1. The van der Waals surface area contributed by atoms with E-state index in [1.54, 1.807) is 0 Å². The maximum absolute atomic E-state index is 13.3. The number of thioether (sulfide) groups is 1. The smallest absolute Gasteiger partial charge is 0.124 e. The van der Waals surface area contributed by atoms with E-state index < -0.39 is 0 Å². The first kappa shape index (κ1) is 15.7. The van der Waals surface area contributed by atoms with Crippen LogP contribution in [0.3, 0.4) is 0 Å². The van der Waals surface area contributed by atoms with Gasteiger partial charge in [0.2, 0.25) is 0 Å². The number of nitrogens with two attached hydrogens (primary N) is 1. The molecule has 3 N–H and O–H groups in total. The van der Waals surface area contributed by atoms with Gasteiger partial charge in [-0.1, -0.05) is 22.0 Å². The second-order valence-electron chi connectivity index (χ2n) is 5.90. The molecule has 1 spiro atoms. The van der Waals surface area contributed by atoms with E-state index in [0.29, 0.717) is 5.92 Å². The van der Waals surface area contributed by atoms with Crippen molar-refractivity contribution in [3.8, 4) is 0 Å². The van der Waals surface area contributed by atoms with Crippen LogP contribution in [0.15, 0.2) is 22.7 Å². The molecule has 3 unspecified atom stereocenters. The highest BCUT2D eigenvalue weighted by atomic mass is 79.9. The van der Waals surface area contributed by atoms with E-state index in [-0.39, 0.29) is 17.5 Å². The molecule has 1 aromatic carbocycles. The van der Waals surface area contributed by atoms with Gasteiger partial charge in [0.05, 0.1) is 11.6 Å². The Kier molecular flexibility index (Phi) is 4.90. The molecule has 2 fully saturated rings. The van der Waals surface area contributed by atoms with Crippen LogP contribution in [0, 0.1) is 11.7 Å². The lowest BCUT2D eigenvalue weighted by atomic mass is 9.79. The van der Waals surface area contributed by atoms with Crippen LogP contribution in [0.25, 0.3) is 0 Å². The van der Waals surface area contributed by atoms with Gasteiger partial charge in [-0.3, -0.25) is 11.3 Å². The first-order valence-corrected chi connectivity index (χ1v) is 9.21. The van der Waals surface area contributed by atoms with Gasteiger partial charge < -0.3 is 4.74 Å². The maximum atomic E-state index is 13.3. The normalized spacial score (nSPS) is 30.7. The molecule has 3 atom stereocenters. The van der Waals surface area contributed by atoms with Gasteiger partial charge in [0.25, 0.3) is 0 Å². The van der Waals surface area contributed by atoms with E-state index in [0.717, 1.165) is 41.7 Å². The number of hydrogen-bond acceptors (Lipinski definition) is 4. The number of hydrazine groups is 1. The molecule has 2 aliphatic rings. The first-order chi connectivity index (χ1) is 10.1. The van der Waals surface area contributed by atoms with Gasteiger partial charge in [-0.25, -0.2) is 4.39 Å². The third-order valence-corrected chi connectivity index (χ3v) is 6.46. The van der Waals surface area contributed by atoms with Gasteiger partial charge in [0, 0.05) is 16.8 Å². The van der Waals surface area contributed by atoms with Crippen molar-refractivity contribution in [3.05, 3.63) is 34.1 Å². The Hall–Kier alpha value is -0.140. The molecule has 2 heterocycles. The number of rotatable bonds is 3. The second kappa shape index (κ2) is 6.54. The Morgan fingerprint density at radius 3 is 3.05 bits per heavy atom. The summed E-state index contributed by atoms with van der Waals surface area (Å²) in [5, 5.41) is 0. The van der Waals surface area contributed by atoms with Crippen molar-refractivity contribution < 1.29 is 9.13 Å². The Morgan fingerprint density at radius 2 is 2.38 bits per heavy atom. The molecular formula is C15H20BrFN2OS. The average molecular weight is 375 g/mol. The van der Waals surface area contributed by atoms with Crippen LogP contribution in [0.5, 0.6) is 0 Å². The summed E-state index contributed by atoms with van der Waals surface area (Å²) < 4.78 is 20.1. The number of ether oxygens (including phenoxy) is 1. The van der Waals surface area contributed by atoms with Crippen molar-refractivity contribution in [2.75, 3.05) is 18.1 Å². The quantitative estimate of drug-likeness (QED) is 0.628. The lowest BCUT2D eigenvalue weighted by Gasteiger charge is -2.41. The van der Waals surface area contributed by atoms with E-state index in [2.05, 4.69) is 21.4 Å². The minimum atomic E-state index is -0.239. The molecule has 0 saturated carbocycles. The molecular weight excluding hydrogens is 355 g/mol. The highest BCUT2D eigenvalue weighted by Crippen LogP contribution is 2.44. The Labute approximate surface area is 137 Å². The highest BCUT2D eigenvalue weighted by Gasteiger charge is 2.42. The second-order valence-corrected chi connectivity index (χ2v) is 7.86. The van der Waals surface area contributed by atoms with Gasteiger partial charge >= 0.3 is 0 Å². The zero-order chi connectivity index (χ0) is 14.9. The Bertz CT molecular complexity index is 510. The summed E-state index contributed by atoms with van der Waals surface area (Å²) >= 11 is 5.43. The molecule has 0 radical (unpaired) electrons. The molecule has 116 valence electrons. The Balaban J connectivity index is 1.82. The van der Waals surface area contributed by atoms with Gasteiger partial charge in [0.1, 0.15) is 5.82 Å². The van der Waals surface area contributed by atoms with Crippen molar-refractivity contribution in [2.45, 2.75) is 30.9 Å². The standard InChI is InChI=1S/C15H20BrFN2OS/c16-13-7-11(17)1-2-12(13)14(19-18)10-3-5-20-15(8-10)4-6-21-9-15/h1-2,7,10,14,19H,3-6,8-9,18H2. The summed E-state index contributed by atoms with van der Waals surface area (Å²) in [5.74, 6) is 8.24. The predicted molar refractivity (Wildman–Crippen MR) is 87.5 cm³/mol. The predicted octanol–water partition coefficient (Wildman–Crippen LogP) is 3.39. The first-order valence-electron chi connectivity index (χ1n) is 7.26. The number of halogens is 2. The van der Waals surface area contributed by atoms with Crippen LogP contribution in [0.2, 0.25) is 0 Å². The van der Waals surface area contributed by atoms with E-state index in [1.165, 1.54) is 17.9 Å². The van der Waals surface area contributed by atoms with Crippen LogP contribution in [0.1, 0.15) is 30.9 Å². The molecule has 0 bridgehead atoms. The van der Waals surface area contributed by atoms with Gasteiger partial charge in [-0.05, 0) is 48.6 Å². The Morgan fingerprint density at radius 1 is 1.52 bits per heavy atom. The third-order valence-electron chi connectivity index (χ3n) is 4.55. The number of benzene rings is 1. The van der Waals surface area contributed by atoms with Crippen molar-refractivity contribution in [3.63, 3.8) is 0 Å².